The Labute approximate surface area is 162 Å². The average Bonchev–Trinajstić information content (AvgIpc) is 2.55. The van der Waals surface area contributed by atoms with Crippen molar-refractivity contribution in [3.63, 3.8) is 0 Å². The van der Waals surface area contributed by atoms with Crippen LogP contribution in [-0.2, 0) is 4.79 Å². The van der Waals surface area contributed by atoms with Crippen LogP contribution >= 0.6 is 24.0 Å². The van der Waals surface area contributed by atoms with Crippen LogP contribution in [0.2, 0.25) is 0 Å². The van der Waals surface area contributed by atoms with Gasteiger partial charge in [-0.1, -0.05) is 32.0 Å². The highest BCUT2D eigenvalue weighted by molar-refractivity contribution is 14.0. The third-order valence-corrected chi connectivity index (χ3v) is 3.24. The van der Waals surface area contributed by atoms with E-state index in [0.717, 1.165) is 11.7 Å². The van der Waals surface area contributed by atoms with Crippen LogP contribution in [-0.4, -0.2) is 57.1 Å². The minimum absolute atomic E-state index is 0. The van der Waals surface area contributed by atoms with Crippen LogP contribution < -0.4 is 15.4 Å². The maximum absolute atomic E-state index is 11.5. The smallest absolute Gasteiger partial charge is 0.222 e. The van der Waals surface area contributed by atoms with Gasteiger partial charge in [0, 0.05) is 33.1 Å². The summed E-state index contributed by atoms with van der Waals surface area (Å²) in [5, 5.41) is 6.08. The molecule has 0 aromatic heterocycles. The number of likely N-dealkylation sites (N-methyl/N-ethyl adjacent to an activating group) is 1. The number of rotatable bonds is 8. The minimum atomic E-state index is 0. The van der Waals surface area contributed by atoms with E-state index in [0.29, 0.717) is 26.2 Å². The lowest BCUT2D eigenvalue weighted by Crippen LogP contribution is -2.44. The zero-order chi connectivity index (χ0) is 17.1. The molecule has 7 heteroatoms. The lowest BCUT2D eigenvalue weighted by molar-refractivity contribution is -0.123. The van der Waals surface area contributed by atoms with Crippen LogP contribution in [0.5, 0.6) is 5.75 Å². The first-order chi connectivity index (χ1) is 11.0. The maximum Gasteiger partial charge on any atom is 0.222 e. The molecule has 0 atom stereocenters. The molecule has 0 unspecified atom stereocenters. The van der Waals surface area contributed by atoms with Crippen molar-refractivity contribution < 1.29 is 9.53 Å². The Bertz CT molecular complexity index is 495. The van der Waals surface area contributed by atoms with E-state index in [4.69, 9.17) is 4.74 Å². The van der Waals surface area contributed by atoms with Gasteiger partial charge in [-0.2, -0.15) is 0 Å². The number of ether oxygens (including phenoxy) is 1. The van der Waals surface area contributed by atoms with E-state index >= 15 is 0 Å². The normalized spacial score (nSPS) is 10.8. The molecule has 6 nitrogen and oxygen atoms in total. The first-order valence-electron chi connectivity index (χ1n) is 7.92. The molecule has 24 heavy (non-hydrogen) atoms. The molecule has 0 saturated heterocycles. The lowest BCUT2D eigenvalue weighted by atomic mass is 10.2. The molecule has 2 N–H and O–H groups in total. The van der Waals surface area contributed by atoms with Gasteiger partial charge in [-0.3, -0.25) is 9.79 Å². The summed E-state index contributed by atoms with van der Waals surface area (Å²) >= 11 is 0. The average molecular weight is 448 g/mol. The van der Waals surface area contributed by atoms with Crippen molar-refractivity contribution in [2.24, 2.45) is 10.9 Å². The molecule has 0 spiro atoms. The number of aliphatic imine (C=N–C) groups is 1. The van der Waals surface area contributed by atoms with Gasteiger partial charge in [0.1, 0.15) is 12.4 Å². The molecule has 0 heterocycles. The first-order valence-corrected chi connectivity index (χ1v) is 7.92. The van der Waals surface area contributed by atoms with Gasteiger partial charge in [0.25, 0.3) is 0 Å². The van der Waals surface area contributed by atoms with Gasteiger partial charge >= 0.3 is 0 Å². The summed E-state index contributed by atoms with van der Waals surface area (Å²) in [6, 6.07) is 9.73. The second-order valence-electron chi connectivity index (χ2n) is 5.50. The third-order valence-electron chi connectivity index (χ3n) is 3.24. The number of halogens is 1. The Kier molecular flexibility index (Phi) is 12.0. The summed E-state index contributed by atoms with van der Waals surface area (Å²) in [5.41, 5.74) is 0. The third kappa shape index (κ3) is 8.95. The number of benzene rings is 1. The standard InChI is InChI=1S/C17H28N4O2.HI/c1-14(2)16(22)19-10-11-20-17(18-3)21(4)12-13-23-15-8-6-5-7-9-15;/h5-9,14H,10-13H2,1-4H3,(H,18,20)(H,19,22);1H. The number of guanidine groups is 1. The largest absolute Gasteiger partial charge is 0.492 e. The number of nitrogens with zero attached hydrogens (tertiary/aromatic N) is 2. The Morgan fingerprint density at radius 3 is 2.42 bits per heavy atom. The predicted molar refractivity (Wildman–Crippen MR) is 109 cm³/mol. The Balaban J connectivity index is 0.00000529. The zero-order valence-electron chi connectivity index (χ0n) is 14.9. The molecule has 1 aromatic carbocycles. The molecule has 0 aliphatic rings. The van der Waals surface area contributed by atoms with Crippen LogP contribution in [0, 0.1) is 5.92 Å². The van der Waals surface area contributed by atoms with E-state index in [1.54, 1.807) is 7.05 Å². The highest BCUT2D eigenvalue weighted by atomic mass is 127. The van der Waals surface area contributed by atoms with E-state index in [1.165, 1.54) is 0 Å². The van der Waals surface area contributed by atoms with E-state index in [2.05, 4.69) is 15.6 Å². The molecule has 136 valence electrons. The maximum atomic E-state index is 11.5. The number of amides is 1. The number of hydrogen-bond donors (Lipinski definition) is 2. The second kappa shape index (κ2) is 12.9. The molecule has 0 fully saturated rings. The number of hydrogen-bond acceptors (Lipinski definition) is 3. The van der Waals surface area contributed by atoms with Gasteiger partial charge in [0.15, 0.2) is 5.96 Å². The van der Waals surface area contributed by atoms with Crippen molar-refractivity contribution >= 4 is 35.8 Å². The molecular formula is C17H29IN4O2. The predicted octanol–water partition coefficient (Wildman–Crippen LogP) is 1.96. The zero-order valence-corrected chi connectivity index (χ0v) is 17.2. The van der Waals surface area contributed by atoms with Crippen molar-refractivity contribution in [3.05, 3.63) is 30.3 Å². The molecule has 1 aromatic rings. The first kappa shape index (κ1) is 22.5. The van der Waals surface area contributed by atoms with Gasteiger partial charge in [-0.05, 0) is 12.1 Å². The van der Waals surface area contributed by atoms with Crippen molar-refractivity contribution in [2.45, 2.75) is 13.8 Å². The minimum Gasteiger partial charge on any atom is -0.492 e. The summed E-state index contributed by atoms with van der Waals surface area (Å²) in [5.74, 6) is 1.71. The molecule has 0 radical (unpaired) electrons. The number of carbonyl (C=O) groups is 1. The number of para-hydroxylation sites is 1. The quantitative estimate of drug-likeness (QED) is 0.276. The molecule has 0 aliphatic carbocycles. The molecular weight excluding hydrogens is 419 g/mol. The van der Waals surface area contributed by atoms with E-state index in [9.17, 15) is 4.79 Å². The molecule has 0 saturated carbocycles. The summed E-state index contributed by atoms with van der Waals surface area (Å²) in [6.45, 7) is 6.25. The van der Waals surface area contributed by atoms with Crippen LogP contribution in [0.15, 0.2) is 35.3 Å². The molecule has 1 amide bonds. The van der Waals surface area contributed by atoms with E-state index in [-0.39, 0.29) is 35.8 Å². The van der Waals surface area contributed by atoms with Gasteiger partial charge in [-0.15, -0.1) is 24.0 Å². The van der Waals surface area contributed by atoms with Crippen molar-refractivity contribution in [1.82, 2.24) is 15.5 Å². The van der Waals surface area contributed by atoms with Crippen LogP contribution in [0.3, 0.4) is 0 Å². The molecule has 0 aliphatic heterocycles. The summed E-state index contributed by atoms with van der Waals surface area (Å²) < 4.78 is 5.67. The van der Waals surface area contributed by atoms with Gasteiger partial charge in [0.05, 0.1) is 6.54 Å². The van der Waals surface area contributed by atoms with Crippen LogP contribution in [0.1, 0.15) is 13.8 Å². The van der Waals surface area contributed by atoms with Crippen LogP contribution in [0.4, 0.5) is 0 Å². The van der Waals surface area contributed by atoms with Gasteiger partial charge < -0.3 is 20.3 Å². The summed E-state index contributed by atoms with van der Waals surface area (Å²) in [7, 11) is 3.69. The van der Waals surface area contributed by atoms with Crippen molar-refractivity contribution in [2.75, 3.05) is 40.3 Å². The fourth-order valence-electron chi connectivity index (χ4n) is 1.87. The van der Waals surface area contributed by atoms with Crippen molar-refractivity contribution in [3.8, 4) is 5.75 Å². The monoisotopic (exact) mass is 448 g/mol. The van der Waals surface area contributed by atoms with E-state index < -0.39 is 0 Å². The number of nitrogens with one attached hydrogen (secondary N) is 2. The highest BCUT2D eigenvalue weighted by Crippen LogP contribution is 2.07. The lowest BCUT2D eigenvalue weighted by Gasteiger charge is -2.22. The Morgan fingerprint density at radius 1 is 1.21 bits per heavy atom. The SMILES string of the molecule is CN=C(NCCNC(=O)C(C)C)N(C)CCOc1ccccc1.I. The van der Waals surface area contributed by atoms with Gasteiger partial charge in [-0.25, -0.2) is 0 Å². The Hall–Kier alpha value is -1.51. The molecule has 0 bridgehead atoms. The second-order valence-corrected chi connectivity index (χ2v) is 5.50. The van der Waals surface area contributed by atoms with E-state index in [1.807, 2.05) is 56.1 Å². The van der Waals surface area contributed by atoms with Gasteiger partial charge in [0.2, 0.25) is 5.91 Å². The number of carbonyl (C=O) groups excluding carboxylic acids is 1. The summed E-state index contributed by atoms with van der Waals surface area (Å²) in [4.78, 5) is 17.7. The highest BCUT2D eigenvalue weighted by Gasteiger charge is 2.07. The molecule has 1 rings (SSSR count). The summed E-state index contributed by atoms with van der Waals surface area (Å²) in [6.07, 6.45) is 0. The fraction of sp³-hybridized carbons (Fsp3) is 0.529. The topological polar surface area (TPSA) is 66.0 Å². The van der Waals surface area contributed by atoms with Crippen LogP contribution in [0.25, 0.3) is 0 Å². The Morgan fingerprint density at radius 2 is 1.83 bits per heavy atom. The fourth-order valence-corrected chi connectivity index (χ4v) is 1.87. The van der Waals surface area contributed by atoms with Crippen molar-refractivity contribution in [1.29, 1.82) is 0 Å².